The Balaban J connectivity index is 1.46. The van der Waals surface area contributed by atoms with Crippen molar-refractivity contribution in [1.82, 2.24) is 10.2 Å². The number of benzene rings is 2. The van der Waals surface area contributed by atoms with Gasteiger partial charge in [0, 0.05) is 36.6 Å². The highest BCUT2D eigenvalue weighted by Crippen LogP contribution is 2.42. The van der Waals surface area contributed by atoms with Crippen molar-refractivity contribution in [2.75, 3.05) is 19.8 Å². The number of amides is 2. The fraction of sp³-hybridized carbons (Fsp3) is 0.467. The van der Waals surface area contributed by atoms with Crippen molar-refractivity contribution in [2.45, 2.75) is 70.6 Å². The number of nitrogens with one attached hydrogen (secondary N) is 1. The van der Waals surface area contributed by atoms with E-state index in [-0.39, 0.29) is 24.4 Å². The van der Waals surface area contributed by atoms with Crippen molar-refractivity contribution in [3.63, 3.8) is 0 Å². The Labute approximate surface area is 224 Å². The SMILES string of the molecule is CCOC(CNC(=O)c1ccc(/C=C2/SC3CCCCC3N(Cc3cccc(C)c3)C2=O)cc1)OCC. The number of carbonyl (C=O) groups excluding carboxylic acids is 2. The topological polar surface area (TPSA) is 67.9 Å². The Kier molecular flexibility index (Phi) is 9.83. The van der Waals surface area contributed by atoms with Crippen LogP contribution in [0.25, 0.3) is 6.08 Å². The van der Waals surface area contributed by atoms with E-state index in [0.29, 0.717) is 30.6 Å². The maximum atomic E-state index is 13.7. The molecule has 198 valence electrons. The summed E-state index contributed by atoms with van der Waals surface area (Å²) in [4.78, 5) is 29.1. The zero-order valence-corrected chi connectivity index (χ0v) is 22.9. The van der Waals surface area contributed by atoms with Crippen molar-refractivity contribution >= 4 is 29.7 Å². The average molecular weight is 523 g/mol. The molecule has 0 spiro atoms. The minimum atomic E-state index is -0.455. The zero-order chi connectivity index (χ0) is 26.2. The molecule has 0 bridgehead atoms. The van der Waals surface area contributed by atoms with Gasteiger partial charge in [-0.05, 0) is 62.9 Å². The minimum absolute atomic E-state index is 0.106. The number of aryl methyl sites for hydroxylation is 1. The van der Waals surface area contributed by atoms with Crippen molar-refractivity contribution < 1.29 is 19.1 Å². The first-order valence-corrected chi connectivity index (χ1v) is 14.2. The quantitative estimate of drug-likeness (QED) is 0.327. The Morgan fingerprint density at radius 2 is 1.84 bits per heavy atom. The lowest BCUT2D eigenvalue weighted by molar-refractivity contribution is -0.131. The first kappa shape index (κ1) is 27.4. The molecule has 2 aromatic carbocycles. The minimum Gasteiger partial charge on any atom is -0.351 e. The molecule has 1 aliphatic heterocycles. The van der Waals surface area contributed by atoms with E-state index in [1.165, 1.54) is 24.0 Å². The number of hydrogen-bond acceptors (Lipinski definition) is 5. The first-order valence-electron chi connectivity index (χ1n) is 13.3. The van der Waals surface area contributed by atoms with Crippen LogP contribution in [0.2, 0.25) is 0 Å². The molecule has 2 atom stereocenters. The zero-order valence-electron chi connectivity index (χ0n) is 22.1. The van der Waals surface area contributed by atoms with E-state index in [9.17, 15) is 9.59 Å². The lowest BCUT2D eigenvalue weighted by atomic mass is 9.92. The molecule has 0 radical (unpaired) electrons. The first-order chi connectivity index (χ1) is 18.0. The second kappa shape index (κ2) is 13.3. The largest absolute Gasteiger partial charge is 0.351 e. The highest BCUT2D eigenvalue weighted by molar-refractivity contribution is 8.04. The normalized spacial score (nSPS) is 20.8. The van der Waals surface area contributed by atoms with Gasteiger partial charge in [0.1, 0.15) is 0 Å². The molecule has 2 aliphatic rings. The standard InChI is InChI=1S/C30H38N2O4S/c1-4-35-28(36-5-2)19-31-29(33)24-15-13-22(14-16-24)18-27-30(34)32(20-23-10-8-9-21(3)17-23)25-11-6-7-12-26(25)37-27/h8-10,13-18,25-26,28H,4-7,11-12,19-20H2,1-3H3,(H,31,33)/b27-18+. The fourth-order valence-corrected chi connectivity index (χ4v) is 6.54. The summed E-state index contributed by atoms with van der Waals surface area (Å²) in [6.45, 7) is 7.85. The molecule has 1 heterocycles. The fourth-order valence-electron chi connectivity index (χ4n) is 5.07. The molecule has 4 rings (SSSR count). The highest BCUT2D eigenvalue weighted by Gasteiger charge is 2.40. The average Bonchev–Trinajstić information content (AvgIpc) is 2.90. The van der Waals surface area contributed by atoms with Crippen LogP contribution in [0.1, 0.15) is 66.6 Å². The van der Waals surface area contributed by atoms with Gasteiger partial charge in [-0.15, -0.1) is 11.8 Å². The van der Waals surface area contributed by atoms with Gasteiger partial charge < -0.3 is 19.7 Å². The van der Waals surface area contributed by atoms with Gasteiger partial charge in [-0.3, -0.25) is 9.59 Å². The molecule has 0 aromatic heterocycles. The van der Waals surface area contributed by atoms with Gasteiger partial charge in [-0.25, -0.2) is 0 Å². The second-order valence-corrected chi connectivity index (χ2v) is 10.9. The summed E-state index contributed by atoms with van der Waals surface area (Å²) >= 11 is 1.73. The van der Waals surface area contributed by atoms with Crippen LogP contribution in [0.5, 0.6) is 0 Å². The van der Waals surface area contributed by atoms with Gasteiger partial charge >= 0.3 is 0 Å². The van der Waals surface area contributed by atoms with Crippen LogP contribution in [-0.4, -0.2) is 54.1 Å². The van der Waals surface area contributed by atoms with Crippen molar-refractivity contribution in [3.05, 3.63) is 75.7 Å². The lowest BCUT2D eigenvalue weighted by Gasteiger charge is -2.44. The number of nitrogens with zero attached hydrogens (tertiary/aromatic N) is 1. The predicted octanol–water partition coefficient (Wildman–Crippen LogP) is 5.55. The lowest BCUT2D eigenvalue weighted by Crippen LogP contribution is -2.50. The van der Waals surface area contributed by atoms with Crippen LogP contribution in [0.3, 0.4) is 0 Å². The van der Waals surface area contributed by atoms with Gasteiger partial charge in [0.25, 0.3) is 11.8 Å². The van der Waals surface area contributed by atoms with Gasteiger partial charge in [0.15, 0.2) is 6.29 Å². The van der Waals surface area contributed by atoms with E-state index in [4.69, 9.17) is 9.47 Å². The molecule has 2 amide bonds. The molecular weight excluding hydrogens is 484 g/mol. The van der Waals surface area contributed by atoms with Crippen LogP contribution in [0.4, 0.5) is 0 Å². The van der Waals surface area contributed by atoms with E-state index in [2.05, 4.69) is 41.4 Å². The molecule has 1 aliphatic carbocycles. The highest BCUT2D eigenvalue weighted by atomic mass is 32.2. The molecule has 37 heavy (non-hydrogen) atoms. The molecule has 1 N–H and O–H groups in total. The monoisotopic (exact) mass is 522 g/mol. The smallest absolute Gasteiger partial charge is 0.260 e. The summed E-state index contributed by atoms with van der Waals surface area (Å²) in [6.07, 6.45) is 6.11. The Morgan fingerprint density at radius 1 is 1.11 bits per heavy atom. The van der Waals surface area contributed by atoms with Gasteiger partial charge in [-0.1, -0.05) is 54.8 Å². The summed E-state index contributed by atoms with van der Waals surface area (Å²) in [6, 6.07) is 16.1. The Bertz CT molecular complexity index is 1100. The van der Waals surface area contributed by atoms with E-state index in [1.807, 2.05) is 32.1 Å². The maximum absolute atomic E-state index is 13.7. The third kappa shape index (κ3) is 7.24. The van der Waals surface area contributed by atoms with Crippen molar-refractivity contribution in [1.29, 1.82) is 0 Å². The number of ether oxygens (including phenoxy) is 2. The summed E-state index contributed by atoms with van der Waals surface area (Å²) < 4.78 is 11.0. The molecule has 1 saturated carbocycles. The van der Waals surface area contributed by atoms with E-state index in [1.54, 1.807) is 23.9 Å². The van der Waals surface area contributed by atoms with Gasteiger partial charge in [-0.2, -0.15) is 0 Å². The summed E-state index contributed by atoms with van der Waals surface area (Å²) in [7, 11) is 0. The van der Waals surface area contributed by atoms with E-state index < -0.39 is 6.29 Å². The Hall–Kier alpha value is -2.61. The van der Waals surface area contributed by atoms with E-state index in [0.717, 1.165) is 23.3 Å². The Morgan fingerprint density at radius 3 is 2.54 bits per heavy atom. The van der Waals surface area contributed by atoms with E-state index >= 15 is 0 Å². The molecule has 6 nitrogen and oxygen atoms in total. The molecular formula is C30H38N2O4S. The number of fused-ring (bicyclic) bond motifs is 1. The van der Waals surface area contributed by atoms with Gasteiger partial charge in [0.2, 0.25) is 0 Å². The van der Waals surface area contributed by atoms with Gasteiger partial charge in [0.05, 0.1) is 11.4 Å². The second-order valence-electron chi connectivity index (χ2n) is 9.61. The molecule has 2 fully saturated rings. The molecule has 7 heteroatoms. The van der Waals surface area contributed by atoms with Crippen LogP contribution >= 0.6 is 11.8 Å². The summed E-state index contributed by atoms with van der Waals surface area (Å²) in [5.41, 5.74) is 3.86. The number of carbonyl (C=O) groups is 2. The summed E-state index contributed by atoms with van der Waals surface area (Å²) in [5.74, 6) is -0.0736. The number of thioether (sulfide) groups is 1. The predicted molar refractivity (Wildman–Crippen MR) is 149 cm³/mol. The van der Waals surface area contributed by atoms with Crippen LogP contribution in [0, 0.1) is 6.92 Å². The third-order valence-corrected chi connectivity index (χ3v) is 8.26. The van der Waals surface area contributed by atoms with Crippen LogP contribution in [0.15, 0.2) is 53.4 Å². The third-order valence-electron chi connectivity index (χ3n) is 6.86. The summed E-state index contributed by atoms with van der Waals surface area (Å²) in [5, 5.41) is 3.30. The number of rotatable bonds is 10. The van der Waals surface area contributed by atoms with Crippen LogP contribution in [-0.2, 0) is 20.8 Å². The molecule has 2 aromatic rings. The van der Waals surface area contributed by atoms with Crippen molar-refractivity contribution in [2.24, 2.45) is 0 Å². The maximum Gasteiger partial charge on any atom is 0.260 e. The molecule has 2 unspecified atom stereocenters. The number of hydrogen-bond donors (Lipinski definition) is 1. The van der Waals surface area contributed by atoms with Crippen molar-refractivity contribution in [3.8, 4) is 0 Å². The molecule has 1 saturated heterocycles. The van der Waals surface area contributed by atoms with Crippen LogP contribution < -0.4 is 5.32 Å².